The molecule has 0 atom stereocenters. The Morgan fingerprint density at radius 2 is 1.33 bits per heavy atom. The number of hydrogen-bond donors (Lipinski definition) is 0. The quantitative estimate of drug-likeness (QED) is 0.711. The molecule has 0 aromatic carbocycles. The summed E-state index contributed by atoms with van der Waals surface area (Å²) in [7, 11) is 13.2. The molecule has 0 aliphatic heterocycles. The molecule has 56 valence electrons. The third-order valence-electron chi connectivity index (χ3n) is 0.492. The Morgan fingerprint density at radius 1 is 1.11 bits per heavy atom. The predicted molar refractivity (Wildman–Crippen MR) is 35.5 cm³/mol. The molecular formula is C4H10Cl2O2Zr. The summed E-state index contributed by atoms with van der Waals surface area (Å²) in [5.41, 5.74) is 0. The van der Waals surface area contributed by atoms with Crippen LogP contribution >= 0.6 is 17.0 Å². The molecule has 0 aliphatic rings. The molecule has 0 aliphatic carbocycles. The average molecular weight is 252 g/mol. The van der Waals surface area contributed by atoms with Crippen LogP contribution < -0.4 is 0 Å². The van der Waals surface area contributed by atoms with Gasteiger partial charge in [-0.15, -0.1) is 0 Å². The van der Waals surface area contributed by atoms with Gasteiger partial charge < -0.3 is 9.47 Å². The van der Waals surface area contributed by atoms with E-state index in [9.17, 15) is 0 Å². The van der Waals surface area contributed by atoms with Gasteiger partial charge in [-0.3, -0.25) is 0 Å². The maximum atomic E-state index is 4.93. The van der Waals surface area contributed by atoms with Crippen LogP contribution in [0.25, 0.3) is 0 Å². The first-order valence-corrected chi connectivity index (χ1v) is 8.60. The fourth-order valence-electron chi connectivity index (χ4n) is 0.167. The monoisotopic (exact) mass is 250 g/mol. The Labute approximate surface area is 74.5 Å². The molecule has 0 amide bonds. The van der Waals surface area contributed by atoms with Crippen molar-refractivity contribution in [3.63, 3.8) is 0 Å². The average Bonchev–Trinajstić information content (AvgIpc) is 1.86. The van der Waals surface area contributed by atoms with Crippen LogP contribution in [0.1, 0.15) is 0 Å². The minimum atomic E-state index is -0.826. The Hall–Kier alpha value is 1.38. The molecule has 5 heteroatoms. The van der Waals surface area contributed by atoms with Crippen molar-refractivity contribution in [1.82, 2.24) is 0 Å². The van der Waals surface area contributed by atoms with Crippen molar-refractivity contribution in [3.8, 4) is 0 Å². The predicted octanol–water partition coefficient (Wildman–Crippen LogP) is 1.66. The fraction of sp³-hybridized carbons (Fsp3) is 1.00. The van der Waals surface area contributed by atoms with Gasteiger partial charge in [0, 0.05) is 14.2 Å². The zero-order valence-electron chi connectivity index (χ0n) is 5.49. The van der Waals surface area contributed by atoms with Gasteiger partial charge in [-0.1, -0.05) is 0 Å². The van der Waals surface area contributed by atoms with Crippen LogP contribution in [0.2, 0.25) is 0 Å². The van der Waals surface area contributed by atoms with Crippen molar-refractivity contribution < 1.29 is 30.3 Å². The Kier molecular flexibility index (Phi) is 23.4. The maximum absolute atomic E-state index is 4.93. The van der Waals surface area contributed by atoms with Crippen LogP contribution in [0.15, 0.2) is 0 Å². The van der Waals surface area contributed by atoms with E-state index in [4.69, 9.17) is 17.0 Å². The molecule has 0 fully saturated rings. The summed E-state index contributed by atoms with van der Waals surface area (Å²) in [4.78, 5) is 0. The summed E-state index contributed by atoms with van der Waals surface area (Å²) in [6.45, 7) is 1.38. The zero-order valence-corrected chi connectivity index (χ0v) is 9.46. The second kappa shape index (κ2) is 16.2. The molecule has 0 heterocycles. The van der Waals surface area contributed by atoms with E-state index in [2.05, 4.69) is 9.47 Å². The fourth-order valence-corrected chi connectivity index (χ4v) is 0.167. The Morgan fingerprint density at radius 3 is 1.44 bits per heavy atom. The molecule has 0 radical (unpaired) electrons. The molecule has 0 aromatic rings. The van der Waals surface area contributed by atoms with Crippen molar-refractivity contribution in [2.24, 2.45) is 0 Å². The Bertz CT molecular complexity index is 35.7. The van der Waals surface area contributed by atoms with Crippen molar-refractivity contribution >= 4 is 17.0 Å². The van der Waals surface area contributed by atoms with Crippen molar-refractivity contribution in [2.75, 3.05) is 27.4 Å². The van der Waals surface area contributed by atoms with E-state index in [1.807, 2.05) is 0 Å². The number of halogens is 2. The van der Waals surface area contributed by atoms with Crippen LogP contribution in [0.3, 0.4) is 0 Å². The first kappa shape index (κ1) is 13.0. The van der Waals surface area contributed by atoms with E-state index in [-0.39, 0.29) is 0 Å². The summed E-state index contributed by atoms with van der Waals surface area (Å²) < 4.78 is 9.31. The van der Waals surface area contributed by atoms with Gasteiger partial charge in [0.1, 0.15) is 0 Å². The van der Waals surface area contributed by atoms with Crippen molar-refractivity contribution in [1.29, 1.82) is 0 Å². The SMILES string of the molecule is COCCOC.[Cl][Zr][Cl]. The van der Waals surface area contributed by atoms with Crippen molar-refractivity contribution in [2.45, 2.75) is 0 Å². The zero-order chi connectivity index (χ0) is 7.54. The van der Waals surface area contributed by atoms with Gasteiger partial charge in [0.15, 0.2) is 0 Å². The summed E-state index contributed by atoms with van der Waals surface area (Å²) in [6, 6.07) is 0. The third-order valence-corrected chi connectivity index (χ3v) is 0.492. The van der Waals surface area contributed by atoms with Gasteiger partial charge in [-0.2, -0.15) is 0 Å². The second-order valence-electron chi connectivity index (χ2n) is 1.06. The summed E-state index contributed by atoms with van der Waals surface area (Å²) in [5.74, 6) is 0. The summed E-state index contributed by atoms with van der Waals surface area (Å²) >= 11 is -0.826. The molecular weight excluding hydrogens is 242 g/mol. The van der Waals surface area contributed by atoms with E-state index >= 15 is 0 Å². The number of methoxy groups -OCH3 is 2. The molecule has 0 N–H and O–H groups in total. The van der Waals surface area contributed by atoms with Gasteiger partial charge in [0.05, 0.1) is 13.2 Å². The van der Waals surface area contributed by atoms with Crippen LogP contribution in [0.4, 0.5) is 0 Å². The van der Waals surface area contributed by atoms with Crippen molar-refractivity contribution in [3.05, 3.63) is 0 Å². The Balaban J connectivity index is 0. The van der Waals surface area contributed by atoms with Crippen LogP contribution in [0, 0.1) is 0 Å². The van der Waals surface area contributed by atoms with E-state index < -0.39 is 20.8 Å². The minimum absolute atomic E-state index is 0.691. The standard InChI is InChI=1S/C4H10O2.2ClH.Zr/c1-5-3-4-6-2;;;/h3-4H2,1-2H3;2*1H;/q;;;+2/p-2. The van der Waals surface area contributed by atoms with Gasteiger partial charge in [-0.25, -0.2) is 0 Å². The first-order chi connectivity index (χ1) is 4.33. The van der Waals surface area contributed by atoms with E-state index in [1.165, 1.54) is 0 Å². The van der Waals surface area contributed by atoms with E-state index in [0.29, 0.717) is 13.2 Å². The van der Waals surface area contributed by atoms with Gasteiger partial charge in [0.2, 0.25) is 0 Å². The van der Waals surface area contributed by atoms with E-state index in [0.717, 1.165) is 0 Å². The molecule has 9 heavy (non-hydrogen) atoms. The number of hydrogen-bond acceptors (Lipinski definition) is 2. The summed E-state index contributed by atoms with van der Waals surface area (Å²) in [6.07, 6.45) is 0. The molecule has 2 nitrogen and oxygen atoms in total. The first-order valence-electron chi connectivity index (χ1n) is 2.27. The summed E-state index contributed by atoms with van der Waals surface area (Å²) in [5, 5.41) is 0. The molecule has 0 rings (SSSR count). The molecule has 0 spiro atoms. The molecule has 0 bridgehead atoms. The molecule has 0 aromatic heterocycles. The molecule has 0 unspecified atom stereocenters. The number of ether oxygens (including phenoxy) is 2. The van der Waals surface area contributed by atoms with Gasteiger partial charge in [0.25, 0.3) is 0 Å². The third kappa shape index (κ3) is 26.6. The number of rotatable bonds is 3. The van der Waals surface area contributed by atoms with Crippen LogP contribution in [-0.2, 0) is 30.3 Å². The normalized spacial score (nSPS) is 7.56. The molecule has 0 saturated carbocycles. The topological polar surface area (TPSA) is 18.5 Å². The van der Waals surface area contributed by atoms with Gasteiger partial charge >= 0.3 is 37.9 Å². The van der Waals surface area contributed by atoms with Crippen LogP contribution in [0.5, 0.6) is 0 Å². The second-order valence-corrected chi connectivity index (χ2v) is 4.79. The molecule has 0 saturated heterocycles. The van der Waals surface area contributed by atoms with Crippen LogP contribution in [-0.4, -0.2) is 27.4 Å². The van der Waals surface area contributed by atoms with E-state index in [1.54, 1.807) is 14.2 Å². The van der Waals surface area contributed by atoms with Gasteiger partial charge in [-0.05, 0) is 0 Å².